The highest BCUT2D eigenvalue weighted by Gasteiger charge is 2.13. The molecule has 1 aromatic heterocycles. The summed E-state index contributed by atoms with van der Waals surface area (Å²) in [6.07, 6.45) is 0. The van der Waals surface area contributed by atoms with Crippen LogP contribution < -0.4 is 10.1 Å². The second-order valence-corrected chi connectivity index (χ2v) is 5.47. The van der Waals surface area contributed by atoms with Gasteiger partial charge < -0.3 is 14.8 Å². The van der Waals surface area contributed by atoms with Gasteiger partial charge in [0.2, 0.25) is 0 Å². The molecule has 0 aliphatic heterocycles. The molecule has 0 atom stereocenters. The first-order valence-electron chi connectivity index (χ1n) is 7.21. The van der Waals surface area contributed by atoms with E-state index in [1.165, 1.54) is 7.11 Å². The van der Waals surface area contributed by atoms with Crippen molar-refractivity contribution in [3.05, 3.63) is 59.2 Å². The largest absolute Gasteiger partial charge is 0.495 e. The van der Waals surface area contributed by atoms with Crippen LogP contribution in [0.3, 0.4) is 0 Å². The second kappa shape index (κ2) is 6.76. The van der Waals surface area contributed by atoms with Crippen molar-refractivity contribution in [2.45, 2.75) is 0 Å². The number of hydrogen-bond donors (Lipinski definition) is 1. The molecule has 24 heavy (non-hydrogen) atoms. The van der Waals surface area contributed by atoms with Gasteiger partial charge in [0.25, 0.3) is 0 Å². The van der Waals surface area contributed by atoms with Crippen LogP contribution in [-0.2, 0) is 4.74 Å². The number of pyridine rings is 1. The molecule has 0 unspecified atom stereocenters. The summed E-state index contributed by atoms with van der Waals surface area (Å²) in [6, 6.07) is 14.4. The average molecular weight is 343 g/mol. The highest BCUT2D eigenvalue weighted by atomic mass is 35.5. The van der Waals surface area contributed by atoms with Crippen molar-refractivity contribution in [1.82, 2.24) is 4.98 Å². The Balaban J connectivity index is 2.15. The molecular formula is C18H15ClN2O3. The lowest BCUT2D eigenvalue weighted by molar-refractivity contribution is 0.0594. The molecule has 0 aliphatic carbocycles. The molecule has 6 heteroatoms. The minimum atomic E-state index is -0.498. The summed E-state index contributed by atoms with van der Waals surface area (Å²) >= 11 is 6.08. The fourth-order valence-electron chi connectivity index (χ4n) is 2.41. The minimum absolute atomic E-state index is 0.222. The number of rotatable bonds is 4. The SMILES string of the molecule is COC(=O)c1cc(Nc2cc(Cl)ccc2OC)c2ccccc2n1. The summed E-state index contributed by atoms with van der Waals surface area (Å²) in [4.78, 5) is 16.2. The lowest BCUT2D eigenvalue weighted by Gasteiger charge is -2.14. The van der Waals surface area contributed by atoms with Gasteiger partial charge in [0, 0.05) is 10.4 Å². The van der Waals surface area contributed by atoms with Crippen LogP contribution >= 0.6 is 11.6 Å². The molecule has 2 aromatic carbocycles. The van der Waals surface area contributed by atoms with Gasteiger partial charge in [-0.25, -0.2) is 9.78 Å². The van der Waals surface area contributed by atoms with Crippen LogP contribution in [0.1, 0.15) is 10.5 Å². The number of ether oxygens (including phenoxy) is 2. The lowest BCUT2D eigenvalue weighted by atomic mass is 10.1. The Hall–Kier alpha value is -2.79. The van der Waals surface area contributed by atoms with Crippen LogP contribution in [0, 0.1) is 0 Å². The van der Waals surface area contributed by atoms with Crippen LogP contribution in [0.15, 0.2) is 48.5 Å². The van der Waals surface area contributed by atoms with Gasteiger partial charge in [0.15, 0.2) is 5.69 Å². The standard InChI is InChI=1S/C18H15ClN2O3/c1-23-17-8-7-11(19)9-15(17)21-14-10-16(18(22)24-2)20-13-6-4-3-5-12(13)14/h3-10H,1-2H3,(H,20,21). The summed E-state index contributed by atoms with van der Waals surface area (Å²) in [5.74, 6) is 0.141. The highest BCUT2D eigenvalue weighted by molar-refractivity contribution is 6.31. The zero-order chi connectivity index (χ0) is 17.1. The lowest BCUT2D eigenvalue weighted by Crippen LogP contribution is -2.06. The Kier molecular flexibility index (Phi) is 4.53. The number of nitrogens with zero attached hydrogens (tertiary/aromatic N) is 1. The van der Waals surface area contributed by atoms with Crippen LogP contribution in [0.5, 0.6) is 5.75 Å². The quantitative estimate of drug-likeness (QED) is 0.711. The minimum Gasteiger partial charge on any atom is -0.495 e. The molecule has 3 aromatic rings. The normalized spacial score (nSPS) is 10.5. The number of carbonyl (C=O) groups excluding carboxylic acids is 1. The Morgan fingerprint density at radius 1 is 1.08 bits per heavy atom. The zero-order valence-corrected chi connectivity index (χ0v) is 13.9. The average Bonchev–Trinajstić information content (AvgIpc) is 2.61. The molecule has 0 spiro atoms. The van der Waals surface area contributed by atoms with Gasteiger partial charge in [-0.3, -0.25) is 0 Å². The Morgan fingerprint density at radius 2 is 1.88 bits per heavy atom. The first-order chi connectivity index (χ1) is 11.6. The number of hydrogen-bond acceptors (Lipinski definition) is 5. The number of methoxy groups -OCH3 is 2. The monoisotopic (exact) mass is 342 g/mol. The van der Waals surface area contributed by atoms with Crippen molar-refractivity contribution < 1.29 is 14.3 Å². The van der Waals surface area contributed by atoms with Crippen molar-refractivity contribution in [1.29, 1.82) is 0 Å². The van der Waals surface area contributed by atoms with E-state index in [0.717, 1.165) is 5.39 Å². The van der Waals surface area contributed by atoms with Crippen molar-refractivity contribution in [2.75, 3.05) is 19.5 Å². The van der Waals surface area contributed by atoms with E-state index in [1.54, 1.807) is 31.4 Å². The summed E-state index contributed by atoms with van der Waals surface area (Å²) < 4.78 is 10.1. The van der Waals surface area contributed by atoms with E-state index in [-0.39, 0.29) is 5.69 Å². The van der Waals surface area contributed by atoms with Crippen LogP contribution in [-0.4, -0.2) is 25.2 Å². The van der Waals surface area contributed by atoms with E-state index in [1.807, 2.05) is 24.3 Å². The first kappa shape index (κ1) is 16.1. The Labute approximate surface area is 144 Å². The maximum absolute atomic E-state index is 11.9. The van der Waals surface area contributed by atoms with Gasteiger partial charge in [0.05, 0.1) is 31.1 Å². The summed E-state index contributed by atoms with van der Waals surface area (Å²) in [5.41, 5.74) is 2.31. The third-order valence-corrected chi connectivity index (χ3v) is 3.78. The Bertz CT molecular complexity index is 912. The van der Waals surface area contributed by atoms with Gasteiger partial charge in [0.1, 0.15) is 5.75 Å². The van der Waals surface area contributed by atoms with E-state index >= 15 is 0 Å². The zero-order valence-electron chi connectivity index (χ0n) is 13.2. The number of halogens is 1. The molecule has 0 aliphatic rings. The number of nitrogens with one attached hydrogen (secondary N) is 1. The van der Waals surface area contributed by atoms with Gasteiger partial charge >= 0.3 is 5.97 Å². The van der Waals surface area contributed by atoms with E-state index in [0.29, 0.717) is 27.7 Å². The van der Waals surface area contributed by atoms with Crippen molar-refractivity contribution in [2.24, 2.45) is 0 Å². The number of para-hydroxylation sites is 1. The predicted molar refractivity (Wildman–Crippen MR) is 94.4 cm³/mol. The summed E-state index contributed by atoms with van der Waals surface area (Å²) in [7, 11) is 2.91. The number of benzene rings is 2. The molecular weight excluding hydrogens is 328 g/mol. The van der Waals surface area contributed by atoms with Crippen LogP contribution in [0.25, 0.3) is 10.9 Å². The van der Waals surface area contributed by atoms with Crippen LogP contribution in [0.2, 0.25) is 5.02 Å². The van der Waals surface area contributed by atoms with Gasteiger partial charge in [-0.1, -0.05) is 29.8 Å². The molecule has 0 amide bonds. The molecule has 0 radical (unpaired) electrons. The van der Waals surface area contributed by atoms with Gasteiger partial charge in [-0.2, -0.15) is 0 Å². The number of aromatic nitrogens is 1. The fourth-order valence-corrected chi connectivity index (χ4v) is 2.58. The molecule has 122 valence electrons. The van der Waals surface area contributed by atoms with E-state index in [4.69, 9.17) is 21.1 Å². The summed E-state index contributed by atoms with van der Waals surface area (Å²) in [6.45, 7) is 0. The molecule has 1 N–H and O–H groups in total. The molecule has 0 saturated carbocycles. The van der Waals surface area contributed by atoms with Crippen molar-refractivity contribution in [3.8, 4) is 5.75 Å². The third kappa shape index (κ3) is 3.12. The van der Waals surface area contributed by atoms with Gasteiger partial charge in [-0.15, -0.1) is 0 Å². The topological polar surface area (TPSA) is 60.5 Å². The number of anilines is 2. The maximum Gasteiger partial charge on any atom is 0.356 e. The van der Waals surface area contributed by atoms with Crippen molar-refractivity contribution in [3.63, 3.8) is 0 Å². The molecule has 0 saturated heterocycles. The van der Waals surface area contributed by atoms with E-state index < -0.39 is 5.97 Å². The third-order valence-electron chi connectivity index (χ3n) is 3.54. The highest BCUT2D eigenvalue weighted by Crippen LogP contribution is 2.33. The predicted octanol–water partition coefficient (Wildman–Crippen LogP) is 4.43. The maximum atomic E-state index is 11.9. The molecule has 1 heterocycles. The molecule has 0 fully saturated rings. The smallest absolute Gasteiger partial charge is 0.356 e. The van der Waals surface area contributed by atoms with Crippen molar-refractivity contribution >= 4 is 39.8 Å². The fraction of sp³-hybridized carbons (Fsp3) is 0.111. The summed E-state index contributed by atoms with van der Waals surface area (Å²) in [5, 5.41) is 4.71. The van der Waals surface area contributed by atoms with E-state index in [2.05, 4.69) is 10.3 Å². The Morgan fingerprint density at radius 3 is 2.62 bits per heavy atom. The molecule has 3 rings (SSSR count). The molecule has 0 bridgehead atoms. The van der Waals surface area contributed by atoms with Crippen LogP contribution in [0.4, 0.5) is 11.4 Å². The molecule has 5 nitrogen and oxygen atoms in total. The second-order valence-electron chi connectivity index (χ2n) is 5.03. The van der Waals surface area contributed by atoms with E-state index in [9.17, 15) is 4.79 Å². The first-order valence-corrected chi connectivity index (χ1v) is 7.59. The number of fused-ring (bicyclic) bond motifs is 1. The number of carbonyl (C=O) groups is 1. The van der Waals surface area contributed by atoms with Gasteiger partial charge in [-0.05, 0) is 30.3 Å². The number of esters is 1.